The Morgan fingerprint density at radius 1 is 1.30 bits per heavy atom. The molecule has 2 heterocycles. The number of imide groups is 1. The molecule has 2 amide bonds. The zero-order chi connectivity index (χ0) is 19.8. The number of hydrogen-bond acceptors (Lipinski definition) is 5. The van der Waals surface area contributed by atoms with Gasteiger partial charge >= 0.3 is 5.97 Å². The number of thioether (sulfide) groups is 1. The maximum Gasteiger partial charge on any atom is 0.368 e. The van der Waals surface area contributed by atoms with Gasteiger partial charge in [0.2, 0.25) is 17.4 Å². The summed E-state index contributed by atoms with van der Waals surface area (Å²) in [5.41, 5.74) is -0.432. The van der Waals surface area contributed by atoms with E-state index in [1.54, 1.807) is 36.1 Å². The summed E-state index contributed by atoms with van der Waals surface area (Å²) in [7, 11) is 1.30. The molecule has 2 aliphatic heterocycles. The van der Waals surface area contributed by atoms with Gasteiger partial charge in [0.25, 0.3) is 0 Å². The van der Waals surface area contributed by atoms with Crippen molar-refractivity contribution in [1.29, 1.82) is 0 Å². The van der Waals surface area contributed by atoms with Crippen LogP contribution in [0.4, 0.5) is 4.39 Å². The Morgan fingerprint density at radius 2 is 1.96 bits per heavy atom. The molecule has 0 unspecified atom stereocenters. The van der Waals surface area contributed by atoms with Crippen molar-refractivity contribution in [1.82, 2.24) is 4.90 Å². The molecule has 2 N–H and O–H groups in total. The number of amides is 2. The van der Waals surface area contributed by atoms with Gasteiger partial charge in [0.05, 0.1) is 7.11 Å². The van der Waals surface area contributed by atoms with Crippen LogP contribution in [0.1, 0.15) is 24.9 Å². The summed E-state index contributed by atoms with van der Waals surface area (Å²) in [5, 5.41) is 1.81. The number of quaternary nitrogens is 1. The molecular formula is C19H24FN2O4S+. The minimum absolute atomic E-state index is 0.264. The first-order chi connectivity index (χ1) is 12.9. The third kappa shape index (κ3) is 3.04. The third-order valence-electron chi connectivity index (χ3n) is 5.72. The second kappa shape index (κ2) is 7.59. The Balaban J connectivity index is 2.12. The number of carbonyl (C=O) groups excluding carboxylic acids is 3. The quantitative estimate of drug-likeness (QED) is 0.567. The lowest BCUT2D eigenvalue weighted by Gasteiger charge is -2.29. The maximum atomic E-state index is 13.4. The average molecular weight is 395 g/mol. The molecule has 8 heteroatoms. The van der Waals surface area contributed by atoms with Crippen molar-refractivity contribution >= 4 is 29.5 Å². The molecule has 0 saturated carbocycles. The van der Waals surface area contributed by atoms with E-state index in [0.29, 0.717) is 12.2 Å². The van der Waals surface area contributed by atoms with Gasteiger partial charge in [-0.3, -0.25) is 14.5 Å². The van der Waals surface area contributed by atoms with Crippen LogP contribution < -0.4 is 5.32 Å². The number of benzene rings is 1. The number of carbonyl (C=O) groups is 3. The molecule has 2 fully saturated rings. The largest absolute Gasteiger partial charge is 0.464 e. The van der Waals surface area contributed by atoms with Gasteiger partial charge in [-0.05, 0) is 31.1 Å². The van der Waals surface area contributed by atoms with Gasteiger partial charge in [0.15, 0.2) is 0 Å². The van der Waals surface area contributed by atoms with Crippen molar-refractivity contribution in [3.63, 3.8) is 0 Å². The van der Waals surface area contributed by atoms with E-state index in [1.165, 1.54) is 24.1 Å². The molecule has 4 atom stereocenters. The van der Waals surface area contributed by atoms with E-state index in [0.717, 1.165) is 5.56 Å². The van der Waals surface area contributed by atoms with Gasteiger partial charge in [0.1, 0.15) is 23.7 Å². The van der Waals surface area contributed by atoms with Crippen molar-refractivity contribution in [2.24, 2.45) is 11.8 Å². The van der Waals surface area contributed by atoms with Crippen molar-refractivity contribution in [2.45, 2.75) is 24.9 Å². The van der Waals surface area contributed by atoms with E-state index in [2.05, 4.69) is 0 Å². The molecular weight excluding hydrogens is 371 g/mol. The average Bonchev–Trinajstić information content (AvgIpc) is 3.14. The smallest absolute Gasteiger partial charge is 0.368 e. The second-order valence-corrected chi connectivity index (χ2v) is 7.93. The molecule has 0 bridgehead atoms. The van der Waals surface area contributed by atoms with Crippen molar-refractivity contribution < 1.29 is 28.8 Å². The predicted octanol–water partition coefficient (Wildman–Crippen LogP) is 0.730. The highest BCUT2D eigenvalue weighted by Crippen LogP contribution is 2.45. The predicted molar refractivity (Wildman–Crippen MR) is 98.2 cm³/mol. The van der Waals surface area contributed by atoms with Gasteiger partial charge in [-0.1, -0.05) is 12.1 Å². The molecule has 1 aromatic rings. The van der Waals surface area contributed by atoms with Crippen LogP contribution in [-0.2, 0) is 19.1 Å². The number of nitrogens with zero attached hydrogens (tertiary/aromatic N) is 1. The highest BCUT2D eigenvalue weighted by atomic mass is 32.2. The molecule has 0 radical (unpaired) electrons. The van der Waals surface area contributed by atoms with Crippen LogP contribution in [0.25, 0.3) is 0 Å². The van der Waals surface area contributed by atoms with E-state index >= 15 is 0 Å². The molecule has 1 aromatic carbocycles. The fourth-order valence-corrected chi connectivity index (χ4v) is 5.02. The van der Waals surface area contributed by atoms with Crippen LogP contribution in [-0.4, -0.2) is 53.9 Å². The first-order valence-electron chi connectivity index (χ1n) is 8.95. The highest BCUT2D eigenvalue weighted by Gasteiger charge is 2.71. The van der Waals surface area contributed by atoms with Crippen LogP contribution in [0.15, 0.2) is 24.3 Å². The van der Waals surface area contributed by atoms with Gasteiger partial charge in [-0.25, -0.2) is 9.18 Å². The molecule has 0 spiro atoms. The second-order valence-electron chi connectivity index (χ2n) is 6.94. The molecule has 6 nitrogen and oxygen atoms in total. The Kier molecular flexibility index (Phi) is 5.58. The number of rotatable bonds is 6. The SMILES string of the molecule is CCN1C(=O)[C@H]2[C@@H](C1=O)[C@](CCSC)(C(=O)OC)[NH2+][C@H]2c1ccc(F)cc1. The Hall–Kier alpha value is -1.93. The van der Waals surface area contributed by atoms with E-state index in [1.807, 2.05) is 6.26 Å². The zero-order valence-electron chi connectivity index (χ0n) is 15.6. The van der Waals surface area contributed by atoms with Crippen LogP contribution in [0, 0.1) is 17.7 Å². The number of fused-ring (bicyclic) bond motifs is 1. The van der Waals surface area contributed by atoms with E-state index < -0.39 is 29.4 Å². The summed E-state index contributed by atoms with van der Waals surface area (Å²) in [6, 6.07) is 5.45. The molecule has 0 aliphatic carbocycles. The van der Waals surface area contributed by atoms with E-state index in [9.17, 15) is 18.8 Å². The summed E-state index contributed by atoms with van der Waals surface area (Å²) < 4.78 is 18.5. The fraction of sp³-hybridized carbons (Fsp3) is 0.526. The molecule has 3 rings (SSSR count). The summed E-state index contributed by atoms with van der Waals surface area (Å²) in [4.78, 5) is 40.2. The number of halogens is 1. The maximum absolute atomic E-state index is 13.4. The lowest BCUT2D eigenvalue weighted by molar-refractivity contribution is -0.734. The van der Waals surface area contributed by atoms with Crippen molar-refractivity contribution in [2.75, 3.05) is 25.7 Å². The minimum atomic E-state index is -1.15. The zero-order valence-corrected chi connectivity index (χ0v) is 16.4. The highest BCUT2D eigenvalue weighted by molar-refractivity contribution is 7.98. The van der Waals surface area contributed by atoms with E-state index in [-0.39, 0.29) is 24.2 Å². The normalized spacial score (nSPS) is 29.9. The molecule has 146 valence electrons. The number of nitrogens with two attached hydrogens (primary N) is 1. The molecule has 2 saturated heterocycles. The number of likely N-dealkylation sites (tertiary alicyclic amines) is 1. The Morgan fingerprint density at radius 3 is 2.52 bits per heavy atom. The summed E-state index contributed by atoms with van der Waals surface area (Å²) in [6.07, 6.45) is 2.34. The van der Waals surface area contributed by atoms with Crippen LogP contribution in [0.3, 0.4) is 0 Å². The summed E-state index contributed by atoms with van der Waals surface area (Å²) in [6.45, 7) is 2.01. The van der Waals surface area contributed by atoms with Gasteiger partial charge in [0, 0.05) is 18.5 Å². The van der Waals surface area contributed by atoms with E-state index in [4.69, 9.17) is 4.74 Å². The summed E-state index contributed by atoms with van der Waals surface area (Å²) in [5.74, 6) is -2.25. The van der Waals surface area contributed by atoms with Gasteiger partial charge in [-0.15, -0.1) is 0 Å². The fourth-order valence-electron chi connectivity index (χ4n) is 4.48. The summed E-state index contributed by atoms with van der Waals surface area (Å²) >= 11 is 1.57. The van der Waals surface area contributed by atoms with Gasteiger partial charge < -0.3 is 10.1 Å². The molecule has 2 aliphatic rings. The standard InChI is InChI=1S/C19H23FN2O4S/c1-4-22-16(23)13-14(17(22)24)19(9-10-27-3,18(25)26-2)21-15(13)11-5-7-12(20)8-6-11/h5-8,13-15,21H,4,9-10H2,1-3H3/p+1/t13-,14-,15-,19+/m0/s1. The minimum Gasteiger partial charge on any atom is -0.464 e. The topological polar surface area (TPSA) is 80.3 Å². The third-order valence-corrected chi connectivity index (χ3v) is 6.33. The van der Waals surface area contributed by atoms with Crippen molar-refractivity contribution in [3.05, 3.63) is 35.6 Å². The molecule has 0 aromatic heterocycles. The Labute approximate surface area is 161 Å². The van der Waals surface area contributed by atoms with Crippen LogP contribution in [0.5, 0.6) is 0 Å². The van der Waals surface area contributed by atoms with Gasteiger partial charge in [-0.2, -0.15) is 11.8 Å². The molecule has 27 heavy (non-hydrogen) atoms. The Bertz CT molecular complexity index is 757. The lowest BCUT2D eigenvalue weighted by atomic mass is 9.78. The first-order valence-corrected chi connectivity index (χ1v) is 10.3. The van der Waals surface area contributed by atoms with Crippen molar-refractivity contribution in [3.8, 4) is 0 Å². The lowest BCUT2D eigenvalue weighted by Crippen LogP contribution is -2.98. The number of esters is 1. The number of ether oxygens (including phenoxy) is 1. The first kappa shape index (κ1) is 19.8. The van der Waals surface area contributed by atoms with Crippen LogP contribution >= 0.6 is 11.8 Å². The number of hydrogen-bond donors (Lipinski definition) is 1. The number of methoxy groups -OCH3 is 1. The van der Waals surface area contributed by atoms with Crippen LogP contribution in [0.2, 0.25) is 0 Å². The monoisotopic (exact) mass is 395 g/mol.